The fourth-order valence-electron chi connectivity index (χ4n) is 4.47. The average molecular weight is 333 g/mol. The molecule has 3 rings (SSSR count). The Kier molecular flexibility index (Phi) is 4.88. The summed E-state index contributed by atoms with van der Waals surface area (Å²) in [5, 5.41) is 3.56. The third-order valence-electron chi connectivity index (χ3n) is 5.60. The van der Waals surface area contributed by atoms with Gasteiger partial charge in [-0.15, -0.1) is 0 Å². The van der Waals surface area contributed by atoms with Gasteiger partial charge in [0, 0.05) is 31.7 Å². The van der Waals surface area contributed by atoms with E-state index in [0.717, 1.165) is 12.8 Å². The van der Waals surface area contributed by atoms with Gasteiger partial charge in [-0.05, 0) is 45.1 Å². The van der Waals surface area contributed by atoms with Crippen molar-refractivity contribution < 1.29 is 18.0 Å². The van der Waals surface area contributed by atoms with Crippen LogP contribution in [0.15, 0.2) is 0 Å². The maximum Gasteiger partial charge on any atom is 0.401 e. The number of rotatable bonds is 3. The van der Waals surface area contributed by atoms with E-state index in [1.54, 1.807) is 0 Å². The summed E-state index contributed by atoms with van der Waals surface area (Å²) in [6.45, 7) is -0.233. The predicted octanol–water partition coefficient (Wildman–Crippen LogP) is 2.00. The molecule has 3 atom stereocenters. The Morgan fingerprint density at radius 3 is 2.48 bits per heavy atom. The van der Waals surface area contributed by atoms with Crippen molar-refractivity contribution in [3.8, 4) is 0 Å². The van der Waals surface area contributed by atoms with Gasteiger partial charge in [0.15, 0.2) is 0 Å². The number of nitrogens with zero attached hydrogens (tertiary/aromatic N) is 2. The van der Waals surface area contributed by atoms with Crippen molar-refractivity contribution in [3.63, 3.8) is 0 Å². The van der Waals surface area contributed by atoms with Gasteiger partial charge < -0.3 is 10.2 Å². The molecule has 3 heterocycles. The summed E-state index contributed by atoms with van der Waals surface area (Å²) in [6.07, 6.45) is 1.46. The van der Waals surface area contributed by atoms with Gasteiger partial charge >= 0.3 is 6.18 Å². The van der Waals surface area contributed by atoms with Gasteiger partial charge in [0.2, 0.25) is 5.91 Å². The molecule has 0 aliphatic carbocycles. The summed E-state index contributed by atoms with van der Waals surface area (Å²) in [4.78, 5) is 15.9. The van der Waals surface area contributed by atoms with Crippen LogP contribution in [0.4, 0.5) is 13.2 Å². The lowest BCUT2D eigenvalue weighted by molar-refractivity contribution is -0.155. The maximum absolute atomic E-state index is 12.7. The first kappa shape index (κ1) is 17.0. The first-order valence-corrected chi connectivity index (χ1v) is 8.63. The number of halogens is 3. The fraction of sp³-hybridized carbons (Fsp3) is 0.938. The normalized spacial score (nSPS) is 35.3. The average Bonchev–Trinajstić information content (AvgIpc) is 2.82. The lowest BCUT2D eigenvalue weighted by atomic mass is 9.93. The number of hydrogen-bond donors (Lipinski definition) is 1. The highest BCUT2D eigenvalue weighted by atomic mass is 19.4. The minimum Gasteiger partial charge on any atom is -0.342 e. The molecule has 1 N–H and O–H groups in total. The van der Waals surface area contributed by atoms with Gasteiger partial charge in [-0.2, -0.15) is 13.2 Å². The highest BCUT2D eigenvalue weighted by molar-refractivity contribution is 5.79. The molecule has 23 heavy (non-hydrogen) atoms. The number of hydrogen-bond acceptors (Lipinski definition) is 3. The lowest BCUT2D eigenvalue weighted by Crippen LogP contribution is -2.52. The summed E-state index contributed by atoms with van der Waals surface area (Å²) in [6, 6.07) is 1.24. The van der Waals surface area contributed by atoms with Crippen LogP contribution < -0.4 is 5.32 Å². The van der Waals surface area contributed by atoms with Crippen LogP contribution in [0.3, 0.4) is 0 Å². The van der Waals surface area contributed by atoms with Crippen LogP contribution in [0, 0.1) is 5.92 Å². The molecule has 0 aromatic heterocycles. The van der Waals surface area contributed by atoms with Gasteiger partial charge in [0.1, 0.15) is 0 Å². The van der Waals surface area contributed by atoms with Crippen LogP contribution in [0.1, 0.15) is 38.5 Å². The molecule has 3 unspecified atom stereocenters. The molecule has 1 amide bonds. The molecule has 0 aromatic rings. The van der Waals surface area contributed by atoms with E-state index in [-0.39, 0.29) is 24.4 Å². The third kappa shape index (κ3) is 4.18. The van der Waals surface area contributed by atoms with Crippen LogP contribution >= 0.6 is 0 Å². The molecule has 7 heteroatoms. The Hall–Kier alpha value is -0.820. The highest BCUT2D eigenvalue weighted by Crippen LogP contribution is 2.31. The van der Waals surface area contributed by atoms with Crippen molar-refractivity contribution in [1.82, 2.24) is 15.1 Å². The Morgan fingerprint density at radius 2 is 1.87 bits per heavy atom. The molecule has 132 valence electrons. The van der Waals surface area contributed by atoms with Gasteiger partial charge in [-0.3, -0.25) is 9.69 Å². The molecule has 4 nitrogen and oxygen atoms in total. The van der Waals surface area contributed by atoms with Crippen molar-refractivity contribution in [3.05, 3.63) is 0 Å². The van der Waals surface area contributed by atoms with E-state index in [1.807, 2.05) is 11.9 Å². The zero-order chi connectivity index (χ0) is 16.6. The molecule has 0 radical (unpaired) electrons. The Balaban J connectivity index is 1.56. The zero-order valence-corrected chi connectivity index (χ0v) is 13.6. The number of carbonyl (C=O) groups excluding carboxylic acids is 1. The predicted molar refractivity (Wildman–Crippen MR) is 81.0 cm³/mol. The standard InChI is InChI=1S/C16H26F3N3O/c1-21(14-7-12-4-5-13(8-14)20-12)15(23)11-3-2-6-22(9-11)10-16(17,18)19/h11-14,20H,2-10H2,1H3. The minimum atomic E-state index is -4.19. The quantitative estimate of drug-likeness (QED) is 0.858. The largest absolute Gasteiger partial charge is 0.401 e. The monoisotopic (exact) mass is 333 g/mol. The SMILES string of the molecule is CN(C(=O)C1CCCN(CC(F)(F)F)C1)C1CC2CCC(C1)N2. The number of amides is 1. The molecular formula is C16H26F3N3O. The summed E-state index contributed by atoms with van der Waals surface area (Å²) in [5.41, 5.74) is 0. The molecule has 0 saturated carbocycles. The Morgan fingerprint density at radius 1 is 1.22 bits per heavy atom. The van der Waals surface area contributed by atoms with Crippen LogP contribution in [0.25, 0.3) is 0 Å². The summed E-state index contributed by atoms with van der Waals surface area (Å²) >= 11 is 0. The Bertz CT molecular complexity index is 431. The number of likely N-dealkylation sites (tertiary alicyclic amines) is 1. The number of fused-ring (bicyclic) bond motifs is 2. The first-order chi connectivity index (χ1) is 10.8. The van der Waals surface area contributed by atoms with Gasteiger partial charge in [-0.1, -0.05) is 0 Å². The van der Waals surface area contributed by atoms with Gasteiger partial charge in [0.05, 0.1) is 12.5 Å². The second-order valence-corrected chi connectivity index (χ2v) is 7.40. The van der Waals surface area contributed by atoms with Crippen molar-refractivity contribution >= 4 is 5.91 Å². The smallest absolute Gasteiger partial charge is 0.342 e. The van der Waals surface area contributed by atoms with Crippen molar-refractivity contribution in [2.24, 2.45) is 5.92 Å². The van der Waals surface area contributed by atoms with Crippen molar-refractivity contribution in [2.45, 2.75) is 62.8 Å². The molecule has 0 spiro atoms. The van der Waals surface area contributed by atoms with E-state index in [0.29, 0.717) is 31.5 Å². The lowest BCUT2D eigenvalue weighted by Gasteiger charge is -2.39. The third-order valence-corrected chi connectivity index (χ3v) is 5.60. The van der Waals surface area contributed by atoms with Crippen LogP contribution in [0.2, 0.25) is 0 Å². The first-order valence-electron chi connectivity index (χ1n) is 8.63. The highest BCUT2D eigenvalue weighted by Gasteiger charge is 2.39. The molecule has 3 aliphatic rings. The molecule has 3 saturated heterocycles. The number of piperidine rings is 2. The second-order valence-electron chi connectivity index (χ2n) is 7.40. The number of carbonyl (C=O) groups is 1. The van der Waals surface area contributed by atoms with Gasteiger partial charge in [-0.25, -0.2) is 0 Å². The molecular weight excluding hydrogens is 307 g/mol. The van der Waals surface area contributed by atoms with E-state index in [1.165, 1.54) is 17.7 Å². The van der Waals surface area contributed by atoms with Gasteiger partial charge in [0.25, 0.3) is 0 Å². The Labute approximate surface area is 135 Å². The zero-order valence-electron chi connectivity index (χ0n) is 13.6. The van der Waals surface area contributed by atoms with E-state index in [4.69, 9.17) is 0 Å². The molecule has 2 bridgehead atoms. The number of nitrogens with one attached hydrogen (secondary N) is 1. The molecule has 0 aromatic carbocycles. The summed E-state index contributed by atoms with van der Waals surface area (Å²) in [7, 11) is 1.83. The second kappa shape index (κ2) is 6.59. The minimum absolute atomic E-state index is 0.0307. The topological polar surface area (TPSA) is 35.6 Å². The van der Waals surface area contributed by atoms with Crippen LogP contribution in [-0.2, 0) is 4.79 Å². The molecule has 3 fully saturated rings. The maximum atomic E-state index is 12.7. The summed E-state index contributed by atoms with van der Waals surface area (Å²) < 4.78 is 37.7. The fourth-order valence-corrected chi connectivity index (χ4v) is 4.47. The van der Waals surface area contributed by atoms with E-state index in [2.05, 4.69) is 5.32 Å². The number of alkyl halides is 3. The van der Waals surface area contributed by atoms with E-state index in [9.17, 15) is 18.0 Å². The van der Waals surface area contributed by atoms with E-state index >= 15 is 0 Å². The van der Waals surface area contributed by atoms with Crippen molar-refractivity contribution in [1.29, 1.82) is 0 Å². The van der Waals surface area contributed by atoms with E-state index < -0.39 is 12.7 Å². The van der Waals surface area contributed by atoms with Crippen LogP contribution in [0.5, 0.6) is 0 Å². The summed E-state index contributed by atoms with van der Waals surface area (Å²) in [5.74, 6) is -0.258. The molecule has 3 aliphatic heterocycles. The van der Waals surface area contributed by atoms with Crippen LogP contribution in [-0.4, -0.2) is 66.7 Å². The van der Waals surface area contributed by atoms with Crippen molar-refractivity contribution in [2.75, 3.05) is 26.7 Å².